The van der Waals surface area contributed by atoms with Crippen molar-refractivity contribution in [2.45, 2.75) is 52.4 Å². The lowest BCUT2D eigenvalue weighted by Crippen LogP contribution is -2.67. The van der Waals surface area contributed by atoms with Crippen molar-refractivity contribution in [1.29, 1.82) is 0 Å². The van der Waals surface area contributed by atoms with Gasteiger partial charge in [-0.15, -0.1) is 0 Å². The summed E-state index contributed by atoms with van der Waals surface area (Å²) < 4.78 is 0. The van der Waals surface area contributed by atoms with E-state index in [4.69, 9.17) is 0 Å². The standard InChI is InChI=1S/C30H32N2O3/c1-30(2,3)27-29(35)31(20-22-13-7-4-8-14-22)25(19-26(33)24-17-11-6-12-18-24)28(34)32(27)21-23-15-9-5-10-16-23/h4-18,25,27H,19-21H2,1-3H3/t25-,27-/m0/s1. The van der Waals surface area contributed by atoms with Crippen LogP contribution in [0.15, 0.2) is 91.0 Å². The van der Waals surface area contributed by atoms with Gasteiger partial charge in [-0.3, -0.25) is 14.4 Å². The molecule has 4 rings (SSSR count). The van der Waals surface area contributed by atoms with Crippen LogP contribution in [0.4, 0.5) is 0 Å². The van der Waals surface area contributed by atoms with Crippen LogP contribution in [0.5, 0.6) is 0 Å². The van der Waals surface area contributed by atoms with Gasteiger partial charge in [-0.1, -0.05) is 112 Å². The average molecular weight is 469 g/mol. The minimum atomic E-state index is -0.863. The van der Waals surface area contributed by atoms with Gasteiger partial charge in [0.15, 0.2) is 5.78 Å². The van der Waals surface area contributed by atoms with E-state index in [-0.39, 0.29) is 30.6 Å². The molecular weight excluding hydrogens is 436 g/mol. The maximum atomic E-state index is 14.1. The molecule has 1 aliphatic heterocycles. The average Bonchev–Trinajstić information content (AvgIpc) is 2.85. The lowest BCUT2D eigenvalue weighted by Gasteiger charge is -2.49. The highest BCUT2D eigenvalue weighted by Gasteiger charge is 2.50. The highest BCUT2D eigenvalue weighted by molar-refractivity contribution is 6.03. The van der Waals surface area contributed by atoms with E-state index < -0.39 is 17.5 Å². The van der Waals surface area contributed by atoms with Crippen LogP contribution in [0.25, 0.3) is 0 Å². The van der Waals surface area contributed by atoms with Crippen LogP contribution in [0.1, 0.15) is 48.7 Å². The molecule has 5 nitrogen and oxygen atoms in total. The van der Waals surface area contributed by atoms with Gasteiger partial charge in [0.05, 0.1) is 0 Å². The van der Waals surface area contributed by atoms with Crippen molar-refractivity contribution in [2.75, 3.05) is 0 Å². The van der Waals surface area contributed by atoms with Crippen LogP contribution in [0.2, 0.25) is 0 Å². The van der Waals surface area contributed by atoms with Crippen molar-refractivity contribution in [2.24, 2.45) is 5.41 Å². The molecular formula is C30H32N2O3. The minimum Gasteiger partial charge on any atom is -0.324 e. The van der Waals surface area contributed by atoms with E-state index in [1.807, 2.05) is 87.5 Å². The molecule has 2 amide bonds. The molecule has 0 spiro atoms. The molecule has 0 aliphatic carbocycles. The van der Waals surface area contributed by atoms with Gasteiger partial charge in [-0.2, -0.15) is 0 Å². The molecule has 1 fully saturated rings. The summed E-state index contributed by atoms with van der Waals surface area (Å²) in [4.78, 5) is 44.7. The third-order valence-corrected chi connectivity index (χ3v) is 6.46. The van der Waals surface area contributed by atoms with E-state index in [1.165, 1.54) is 0 Å². The van der Waals surface area contributed by atoms with Gasteiger partial charge in [-0.25, -0.2) is 0 Å². The monoisotopic (exact) mass is 468 g/mol. The zero-order valence-electron chi connectivity index (χ0n) is 20.6. The molecule has 0 radical (unpaired) electrons. The molecule has 35 heavy (non-hydrogen) atoms. The van der Waals surface area contributed by atoms with E-state index in [9.17, 15) is 14.4 Å². The fourth-order valence-electron chi connectivity index (χ4n) is 4.77. The SMILES string of the molecule is CC(C)(C)[C@@H]1C(=O)N(Cc2ccccc2)[C@@H](CC(=O)c2ccccc2)C(=O)N1Cc1ccccc1. The molecule has 0 N–H and O–H groups in total. The van der Waals surface area contributed by atoms with Crippen molar-refractivity contribution in [3.8, 4) is 0 Å². The van der Waals surface area contributed by atoms with E-state index >= 15 is 0 Å². The summed E-state index contributed by atoms with van der Waals surface area (Å²) in [5.41, 5.74) is 1.94. The number of piperazine rings is 1. The summed E-state index contributed by atoms with van der Waals surface area (Å²) in [6, 6.07) is 26.8. The fraction of sp³-hybridized carbons (Fsp3) is 0.300. The maximum absolute atomic E-state index is 14.1. The van der Waals surface area contributed by atoms with Crippen molar-refractivity contribution >= 4 is 17.6 Å². The van der Waals surface area contributed by atoms with E-state index in [1.54, 1.807) is 34.1 Å². The highest BCUT2D eigenvalue weighted by Crippen LogP contribution is 2.34. The number of carbonyl (C=O) groups excluding carboxylic acids is 3. The summed E-state index contributed by atoms with van der Waals surface area (Å²) in [5.74, 6) is -0.458. The summed E-state index contributed by atoms with van der Waals surface area (Å²) >= 11 is 0. The van der Waals surface area contributed by atoms with E-state index in [0.717, 1.165) is 11.1 Å². The molecule has 0 unspecified atom stereocenters. The summed E-state index contributed by atoms with van der Waals surface area (Å²) in [7, 11) is 0. The molecule has 1 aliphatic rings. The lowest BCUT2D eigenvalue weighted by molar-refractivity contribution is -0.168. The number of rotatable bonds is 7. The molecule has 3 aromatic carbocycles. The van der Waals surface area contributed by atoms with E-state index in [0.29, 0.717) is 12.1 Å². The molecule has 0 saturated carbocycles. The molecule has 180 valence electrons. The second-order valence-electron chi connectivity index (χ2n) is 10.2. The maximum Gasteiger partial charge on any atom is 0.246 e. The van der Waals surface area contributed by atoms with Gasteiger partial charge in [0.25, 0.3) is 0 Å². The number of nitrogens with zero attached hydrogens (tertiary/aromatic N) is 2. The van der Waals surface area contributed by atoms with Crippen LogP contribution in [-0.2, 0) is 22.7 Å². The zero-order chi connectivity index (χ0) is 25.0. The third-order valence-electron chi connectivity index (χ3n) is 6.46. The van der Waals surface area contributed by atoms with Gasteiger partial charge in [0.1, 0.15) is 12.1 Å². The van der Waals surface area contributed by atoms with Crippen LogP contribution < -0.4 is 0 Å². The Kier molecular flexibility index (Phi) is 7.15. The first-order valence-corrected chi connectivity index (χ1v) is 12.0. The number of hydrogen-bond donors (Lipinski definition) is 0. The molecule has 3 aromatic rings. The molecule has 1 heterocycles. The minimum absolute atomic E-state index is 0.0520. The second kappa shape index (κ2) is 10.3. The number of Topliss-reactive ketones (excluding diaryl/α,β-unsaturated/α-hetero) is 1. The highest BCUT2D eigenvalue weighted by atomic mass is 16.2. The van der Waals surface area contributed by atoms with Crippen LogP contribution in [0, 0.1) is 5.41 Å². The Hall–Kier alpha value is -3.73. The fourth-order valence-corrected chi connectivity index (χ4v) is 4.77. The van der Waals surface area contributed by atoms with Gasteiger partial charge < -0.3 is 9.80 Å². The third kappa shape index (κ3) is 5.51. The molecule has 0 bridgehead atoms. The van der Waals surface area contributed by atoms with Crippen LogP contribution in [0.3, 0.4) is 0 Å². The summed E-state index contributed by atoms with van der Waals surface area (Å²) in [6.45, 7) is 6.55. The normalized spacial score (nSPS) is 18.6. The number of ketones is 1. The van der Waals surface area contributed by atoms with Crippen LogP contribution >= 0.6 is 0 Å². The van der Waals surface area contributed by atoms with Gasteiger partial charge >= 0.3 is 0 Å². The molecule has 5 heteroatoms. The Balaban J connectivity index is 1.73. The zero-order valence-corrected chi connectivity index (χ0v) is 20.6. The summed E-state index contributed by atoms with van der Waals surface area (Å²) in [5, 5.41) is 0. The Morgan fingerprint density at radius 3 is 1.63 bits per heavy atom. The second-order valence-corrected chi connectivity index (χ2v) is 10.2. The van der Waals surface area contributed by atoms with Crippen molar-refractivity contribution in [3.05, 3.63) is 108 Å². The lowest BCUT2D eigenvalue weighted by atomic mass is 9.81. The number of hydrogen-bond acceptors (Lipinski definition) is 3. The van der Waals surface area contributed by atoms with E-state index in [2.05, 4.69) is 0 Å². The first kappa shape index (κ1) is 24.4. The first-order chi connectivity index (χ1) is 16.8. The molecule has 1 saturated heterocycles. The van der Waals surface area contributed by atoms with Crippen LogP contribution in [-0.4, -0.2) is 39.5 Å². The van der Waals surface area contributed by atoms with Gasteiger partial charge in [-0.05, 0) is 16.5 Å². The Bertz CT molecular complexity index is 1170. The number of carbonyl (C=O) groups is 3. The molecule has 0 aromatic heterocycles. The number of benzene rings is 3. The Morgan fingerprint density at radius 1 is 0.686 bits per heavy atom. The predicted molar refractivity (Wildman–Crippen MR) is 136 cm³/mol. The summed E-state index contributed by atoms with van der Waals surface area (Å²) in [6.07, 6.45) is -0.0520. The topological polar surface area (TPSA) is 57.7 Å². The Morgan fingerprint density at radius 2 is 1.14 bits per heavy atom. The molecule has 2 atom stereocenters. The first-order valence-electron chi connectivity index (χ1n) is 12.0. The van der Waals surface area contributed by atoms with Crippen molar-refractivity contribution in [1.82, 2.24) is 9.80 Å². The predicted octanol–water partition coefficient (Wildman–Crippen LogP) is 5.11. The largest absolute Gasteiger partial charge is 0.324 e. The number of amides is 2. The van der Waals surface area contributed by atoms with Gasteiger partial charge in [0, 0.05) is 25.1 Å². The smallest absolute Gasteiger partial charge is 0.246 e. The van der Waals surface area contributed by atoms with Crippen molar-refractivity contribution in [3.63, 3.8) is 0 Å². The Labute approximate surface area is 207 Å². The van der Waals surface area contributed by atoms with Gasteiger partial charge in [0.2, 0.25) is 11.8 Å². The quantitative estimate of drug-likeness (QED) is 0.453. The van der Waals surface area contributed by atoms with Crippen molar-refractivity contribution < 1.29 is 14.4 Å².